The Kier molecular flexibility index (Phi) is 4.65. The number of hydrogen-bond donors (Lipinski definition) is 1. The van der Waals surface area contributed by atoms with Gasteiger partial charge in [0.1, 0.15) is 31.3 Å². The molecule has 3 aromatic rings. The van der Waals surface area contributed by atoms with Crippen molar-refractivity contribution in [2.75, 3.05) is 24.8 Å². The van der Waals surface area contributed by atoms with E-state index in [0.717, 1.165) is 12.1 Å². The molecule has 5 rings (SSSR count). The van der Waals surface area contributed by atoms with Crippen molar-refractivity contribution in [3.63, 3.8) is 0 Å². The summed E-state index contributed by atoms with van der Waals surface area (Å²) < 4.78 is 40.9. The minimum Gasteiger partial charge on any atom is -0.502 e. The van der Waals surface area contributed by atoms with Gasteiger partial charge >= 0.3 is 0 Å². The second-order valence-corrected chi connectivity index (χ2v) is 7.21. The standard InChI is InChI=1S/C21H16F2N4O5/c22-13-4-3-12-17(14-9-31-10-24-14)27-11-25(6-1-2-8-32-20(12)16(13)23)21(30)18-19(29)15(28)5-7-26(18)27/h1-5,7,9-10,17,29H,6,8,11H2/b2-1-/t17-/m0/s1. The summed E-state index contributed by atoms with van der Waals surface area (Å²) in [6.07, 6.45) is 7.02. The fraction of sp³-hybridized carbons (Fsp3) is 0.190. The van der Waals surface area contributed by atoms with Gasteiger partial charge in [-0.3, -0.25) is 19.3 Å². The van der Waals surface area contributed by atoms with Crippen LogP contribution in [-0.2, 0) is 0 Å². The highest BCUT2D eigenvalue weighted by atomic mass is 19.2. The largest absolute Gasteiger partial charge is 0.502 e. The first-order valence-electron chi connectivity index (χ1n) is 9.62. The molecule has 2 aromatic heterocycles. The van der Waals surface area contributed by atoms with Crippen molar-refractivity contribution in [2.24, 2.45) is 0 Å². The first-order valence-corrected chi connectivity index (χ1v) is 9.62. The lowest BCUT2D eigenvalue weighted by atomic mass is 10.0. The Morgan fingerprint density at radius 3 is 2.78 bits per heavy atom. The SMILES string of the molecule is O=C1c2c(O)c(=O)ccn2N2CN1C/C=C\COc1c(ccc(F)c1F)[C@H]2c1cocn1. The third-order valence-corrected chi connectivity index (χ3v) is 5.36. The van der Waals surface area contributed by atoms with Crippen LogP contribution in [0.4, 0.5) is 8.78 Å². The van der Waals surface area contributed by atoms with Crippen molar-refractivity contribution in [2.45, 2.75) is 6.04 Å². The van der Waals surface area contributed by atoms with E-state index in [9.17, 15) is 23.5 Å². The molecule has 2 aliphatic heterocycles. The van der Waals surface area contributed by atoms with Gasteiger partial charge in [-0.15, -0.1) is 0 Å². The number of aromatic hydroxyl groups is 1. The Morgan fingerprint density at radius 1 is 1.16 bits per heavy atom. The molecule has 164 valence electrons. The minimum absolute atomic E-state index is 0.0194. The highest BCUT2D eigenvalue weighted by Crippen LogP contribution is 2.38. The second kappa shape index (κ2) is 7.52. The molecule has 9 nitrogen and oxygen atoms in total. The van der Waals surface area contributed by atoms with Crippen molar-refractivity contribution in [1.29, 1.82) is 0 Å². The van der Waals surface area contributed by atoms with Gasteiger partial charge in [0.2, 0.25) is 11.2 Å². The second-order valence-electron chi connectivity index (χ2n) is 7.21. The number of pyridine rings is 1. The topological polar surface area (TPSA) is 101 Å². The number of ether oxygens (including phenoxy) is 1. The van der Waals surface area contributed by atoms with Crippen LogP contribution < -0.4 is 15.2 Å². The van der Waals surface area contributed by atoms with Crippen LogP contribution in [0.15, 0.2) is 58.4 Å². The molecular formula is C21H16F2N4O5. The molecule has 4 heterocycles. The van der Waals surface area contributed by atoms with Gasteiger partial charge in [-0.05, 0) is 18.2 Å². The number of hydrogen-bond acceptors (Lipinski definition) is 7. The third-order valence-electron chi connectivity index (χ3n) is 5.36. The first kappa shape index (κ1) is 19.8. The number of oxazole rings is 1. The molecule has 0 fully saturated rings. The predicted octanol–water partition coefficient (Wildman–Crippen LogP) is 1.91. The van der Waals surface area contributed by atoms with Crippen molar-refractivity contribution in [3.8, 4) is 11.5 Å². The van der Waals surface area contributed by atoms with Crippen molar-refractivity contribution < 1.29 is 27.8 Å². The van der Waals surface area contributed by atoms with E-state index >= 15 is 0 Å². The molecule has 0 saturated heterocycles. The zero-order chi connectivity index (χ0) is 22.4. The molecule has 1 atom stereocenters. The number of amides is 1. The maximum atomic E-state index is 14.8. The zero-order valence-corrected chi connectivity index (χ0v) is 16.4. The number of carbonyl (C=O) groups is 1. The molecule has 11 heteroatoms. The van der Waals surface area contributed by atoms with Gasteiger partial charge in [-0.25, -0.2) is 9.37 Å². The summed E-state index contributed by atoms with van der Waals surface area (Å²) in [5, 5.41) is 12.0. The molecule has 0 unspecified atom stereocenters. The van der Waals surface area contributed by atoms with Gasteiger partial charge in [0.15, 0.2) is 29.4 Å². The number of aromatic nitrogens is 2. The Morgan fingerprint density at radius 2 is 2.00 bits per heavy atom. The fourth-order valence-corrected chi connectivity index (χ4v) is 3.87. The molecule has 0 saturated carbocycles. The highest BCUT2D eigenvalue weighted by molar-refractivity contribution is 5.96. The third kappa shape index (κ3) is 3.01. The van der Waals surface area contributed by atoms with E-state index in [1.54, 1.807) is 17.2 Å². The fourth-order valence-electron chi connectivity index (χ4n) is 3.87. The van der Waals surface area contributed by atoms with Crippen LogP contribution in [0.2, 0.25) is 0 Å². The smallest absolute Gasteiger partial charge is 0.278 e. The van der Waals surface area contributed by atoms with E-state index in [1.807, 2.05) is 0 Å². The molecule has 1 amide bonds. The van der Waals surface area contributed by atoms with Gasteiger partial charge in [0.05, 0.1) is 0 Å². The highest BCUT2D eigenvalue weighted by Gasteiger charge is 2.38. The number of carbonyl (C=O) groups excluding carboxylic acids is 1. The summed E-state index contributed by atoms with van der Waals surface area (Å²) in [7, 11) is 0. The monoisotopic (exact) mass is 442 g/mol. The summed E-state index contributed by atoms with van der Waals surface area (Å²) >= 11 is 0. The van der Waals surface area contributed by atoms with Crippen LogP contribution >= 0.6 is 0 Å². The van der Waals surface area contributed by atoms with Crippen molar-refractivity contribution >= 4 is 5.91 Å². The summed E-state index contributed by atoms with van der Waals surface area (Å²) in [6.45, 7) is 0.0331. The Hall–Kier alpha value is -4.15. The van der Waals surface area contributed by atoms with Gasteiger partial charge in [-0.1, -0.05) is 6.08 Å². The molecule has 0 spiro atoms. The number of benzene rings is 1. The average Bonchev–Trinajstić information content (AvgIpc) is 3.30. The molecule has 0 radical (unpaired) electrons. The maximum absolute atomic E-state index is 14.8. The summed E-state index contributed by atoms with van der Waals surface area (Å²) in [5.74, 6) is -3.85. The molecule has 32 heavy (non-hydrogen) atoms. The molecule has 1 aromatic carbocycles. The lowest BCUT2D eigenvalue weighted by molar-refractivity contribution is 0.0701. The summed E-state index contributed by atoms with van der Waals surface area (Å²) in [5.41, 5.74) is -0.450. The molecule has 2 bridgehead atoms. The Balaban J connectivity index is 1.82. The van der Waals surface area contributed by atoms with E-state index < -0.39 is 34.8 Å². The van der Waals surface area contributed by atoms with E-state index in [0.29, 0.717) is 5.69 Å². The van der Waals surface area contributed by atoms with Crippen LogP contribution in [0.3, 0.4) is 0 Å². The van der Waals surface area contributed by atoms with E-state index in [4.69, 9.17) is 9.15 Å². The predicted molar refractivity (Wildman–Crippen MR) is 106 cm³/mol. The number of rotatable bonds is 1. The maximum Gasteiger partial charge on any atom is 0.278 e. The van der Waals surface area contributed by atoms with E-state index in [-0.39, 0.29) is 36.8 Å². The van der Waals surface area contributed by atoms with E-state index in [2.05, 4.69) is 4.98 Å². The molecule has 1 N–H and O–H groups in total. The average molecular weight is 442 g/mol. The summed E-state index contributed by atoms with van der Waals surface area (Å²) in [4.78, 5) is 30.7. The lowest BCUT2D eigenvalue weighted by Crippen LogP contribution is -2.55. The van der Waals surface area contributed by atoms with Gasteiger partial charge < -0.3 is 19.2 Å². The van der Waals surface area contributed by atoms with Gasteiger partial charge in [0.25, 0.3) is 5.91 Å². The minimum atomic E-state index is -1.17. The van der Waals surface area contributed by atoms with Crippen LogP contribution in [0, 0.1) is 11.6 Å². The number of fused-ring (bicyclic) bond motifs is 5. The first-order chi connectivity index (χ1) is 15.5. The van der Waals surface area contributed by atoms with Crippen molar-refractivity contribution in [3.05, 3.63) is 88.0 Å². The number of halogens is 2. The van der Waals surface area contributed by atoms with Gasteiger partial charge in [-0.2, -0.15) is 4.39 Å². The molecular weight excluding hydrogens is 426 g/mol. The molecule has 0 aliphatic carbocycles. The Labute approximate surface area is 179 Å². The normalized spacial score (nSPS) is 18.9. The van der Waals surface area contributed by atoms with Crippen LogP contribution in [0.25, 0.3) is 0 Å². The molecule has 2 aliphatic rings. The van der Waals surface area contributed by atoms with Crippen LogP contribution in [-0.4, -0.2) is 45.4 Å². The quantitative estimate of drug-likeness (QED) is 0.575. The number of nitrogens with zero attached hydrogens (tertiary/aromatic N) is 4. The van der Waals surface area contributed by atoms with Crippen molar-refractivity contribution in [1.82, 2.24) is 14.6 Å². The lowest BCUT2D eigenvalue weighted by Gasteiger charge is -2.43. The van der Waals surface area contributed by atoms with Crippen LogP contribution in [0.5, 0.6) is 11.5 Å². The summed E-state index contributed by atoms with van der Waals surface area (Å²) in [6, 6.07) is 2.51. The van der Waals surface area contributed by atoms with E-state index in [1.165, 1.54) is 34.5 Å². The Bertz CT molecular complexity index is 1290. The van der Waals surface area contributed by atoms with Gasteiger partial charge in [0, 0.05) is 24.4 Å². The zero-order valence-electron chi connectivity index (χ0n) is 16.4. The van der Waals surface area contributed by atoms with Crippen LogP contribution in [0.1, 0.15) is 27.8 Å².